The van der Waals surface area contributed by atoms with Gasteiger partial charge in [0, 0.05) is 20.4 Å². The van der Waals surface area contributed by atoms with Gasteiger partial charge in [-0.25, -0.2) is 12.1 Å². The molecular weight excluding hydrogens is 282 g/mol. The summed E-state index contributed by atoms with van der Waals surface area (Å²) in [5.74, 6) is 0. The minimum Gasteiger partial charge on any atom is -0.335 e. The molecule has 0 aliphatic carbocycles. The molecule has 0 saturated carbocycles. The molecule has 0 aromatic heterocycles. The molecule has 1 aromatic rings. The van der Waals surface area contributed by atoms with Crippen LogP contribution in [0.5, 0.6) is 0 Å². The smallest absolute Gasteiger partial charge is 0 e. The molecule has 9 heavy (non-hydrogen) atoms. The minimum absolute atomic E-state index is 0. The average molecular weight is 294 g/mol. The van der Waals surface area contributed by atoms with Gasteiger partial charge in [0.2, 0.25) is 0 Å². The number of hydrogen-bond acceptors (Lipinski definition) is 0. The Bertz CT molecular complexity index is 71.5. The first-order chi connectivity index (χ1) is 3.91. The predicted octanol–water partition coefficient (Wildman–Crippen LogP) is 2.63. The molecule has 0 aliphatic rings. The molecule has 0 fully saturated rings. The van der Waals surface area contributed by atoms with Gasteiger partial charge in [0.05, 0.1) is 0 Å². The van der Waals surface area contributed by atoms with Gasteiger partial charge in [-0.15, -0.1) is 0 Å². The monoisotopic (exact) mass is 295 g/mol. The summed E-state index contributed by atoms with van der Waals surface area (Å²) in [5.41, 5.74) is 0. The van der Waals surface area contributed by atoms with Gasteiger partial charge < -0.3 is 6.42 Å². The molecule has 1 rings (SSSR count). The van der Waals surface area contributed by atoms with Gasteiger partial charge in [0.1, 0.15) is 0 Å². The van der Waals surface area contributed by atoms with Crippen molar-refractivity contribution in [1.82, 2.24) is 0 Å². The fraction of sp³-hybridized carbons (Fsp3) is 0.250. The maximum Gasteiger partial charge on any atom is 0 e. The quantitative estimate of drug-likeness (QED) is 0.645. The third-order valence-electron chi connectivity index (χ3n) is 0.556. The van der Waals surface area contributed by atoms with Crippen LogP contribution in [-0.4, -0.2) is 0 Å². The van der Waals surface area contributed by atoms with Gasteiger partial charge in [0.25, 0.3) is 0 Å². The molecule has 1 radical (unpaired) electrons. The molecule has 0 saturated heterocycles. The van der Waals surface area contributed by atoms with E-state index in [9.17, 15) is 0 Å². The molecular formula is C8H12Re-2. The second-order valence-corrected chi connectivity index (χ2v) is 1.54. The van der Waals surface area contributed by atoms with E-state index in [2.05, 4.69) is 0 Å². The standard InChI is InChI=1S/C5H5.C3H7.Re/c1-2-4-5-3-1;1-3-2;/h1-5H;3H,1-2H3;/q2*-1;. The summed E-state index contributed by atoms with van der Waals surface area (Å²) in [6, 6.07) is 10.0. The van der Waals surface area contributed by atoms with E-state index in [-0.39, 0.29) is 20.4 Å². The first kappa shape index (κ1) is 11.8. The van der Waals surface area contributed by atoms with Crippen LogP contribution in [0.4, 0.5) is 0 Å². The van der Waals surface area contributed by atoms with Crippen LogP contribution in [0.2, 0.25) is 0 Å². The molecule has 0 aliphatic heterocycles. The molecule has 0 nitrogen and oxygen atoms in total. The SMILES string of the molecule is C[CH-]C.[Re].c1cc[cH-]c1. The summed E-state index contributed by atoms with van der Waals surface area (Å²) >= 11 is 0. The van der Waals surface area contributed by atoms with Crippen LogP contribution in [0.1, 0.15) is 13.8 Å². The van der Waals surface area contributed by atoms with E-state index in [0.29, 0.717) is 0 Å². The summed E-state index contributed by atoms with van der Waals surface area (Å²) in [7, 11) is 0. The molecule has 0 N–H and O–H groups in total. The molecule has 0 unspecified atom stereocenters. The van der Waals surface area contributed by atoms with E-state index in [1.807, 2.05) is 50.6 Å². The fourth-order valence-corrected chi connectivity index (χ4v) is 0.321. The molecule has 0 amide bonds. The Balaban J connectivity index is 0. The maximum atomic E-state index is 2.00. The molecule has 0 bridgehead atoms. The van der Waals surface area contributed by atoms with Crippen LogP contribution in [0.15, 0.2) is 30.3 Å². The first-order valence-electron chi connectivity index (χ1n) is 2.82. The minimum atomic E-state index is 0. The van der Waals surface area contributed by atoms with Crippen molar-refractivity contribution in [1.29, 1.82) is 0 Å². The van der Waals surface area contributed by atoms with Crippen molar-refractivity contribution < 1.29 is 20.4 Å². The Morgan fingerprint density at radius 1 is 1.11 bits per heavy atom. The van der Waals surface area contributed by atoms with E-state index in [1.54, 1.807) is 0 Å². The van der Waals surface area contributed by atoms with Crippen LogP contribution in [0, 0.1) is 6.42 Å². The normalized spacial score (nSPS) is 6.44. The second kappa shape index (κ2) is 10.9. The second-order valence-electron chi connectivity index (χ2n) is 1.54. The van der Waals surface area contributed by atoms with Crippen molar-refractivity contribution >= 4 is 0 Å². The van der Waals surface area contributed by atoms with E-state index in [0.717, 1.165) is 0 Å². The summed E-state index contributed by atoms with van der Waals surface area (Å²) in [6.45, 7) is 4.00. The van der Waals surface area contributed by atoms with Crippen molar-refractivity contribution in [2.45, 2.75) is 13.8 Å². The van der Waals surface area contributed by atoms with Crippen LogP contribution in [0.3, 0.4) is 0 Å². The summed E-state index contributed by atoms with van der Waals surface area (Å²) in [4.78, 5) is 0. The summed E-state index contributed by atoms with van der Waals surface area (Å²) < 4.78 is 0. The molecule has 0 spiro atoms. The Morgan fingerprint density at radius 2 is 1.44 bits per heavy atom. The van der Waals surface area contributed by atoms with Crippen molar-refractivity contribution in [2.24, 2.45) is 0 Å². The Morgan fingerprint density at radius 3 is 1.56 bits per heavy atom. The zero-order chi connectivity index (χ0) is 6.24. The summed E-state index contributed by atoms with van der Waals surface area (Å²) in [5, 5.41) is 0. The van der Waals surface area contributed by atoms with E-state index < -0.39 is 0 Å². The number of rotatable bonds is 0. The fourth-order valence-electron chi connectivity index (χ4n) is 0.321. The van der Waals surface area contributed by atoms with Crippen LogP contribution in [0.25, 0.3) is 0 Å². The van der Waals surface area contributed by atoms with Gasteiger partial charge in [-0.1, -0.05) is 0 Å². The average Bonchev–Trinajstić information content (AvgIpc) is 2.17. The van der Waals surface area contributed by atoms with Gasteiger partial charge in [-0.3, -0.25) is 0 Å². The zero-order valence-corrected chi connectivity index (χ0v) is 8.56. The Kier molecular flexibility index (Phi) is 14.2. The van der Waals surface area contributed by atoms with Crippen molar-refractivity contribution in [3.63, 3.8) is 0 Å². The van der Waals surface area contributed by atoms with Gasteiger partial charge in [-0.2, -0.15) is 32.0 Å². The molecule has 53 valence electrons. The predicted molar refractivity (Wildman–Crippen MR) is 37.7 cm³/mol. The Hall–Kier alpha value is 0.0123. The molecule has 0 heterocycles. The molecule has 1 aromatic carbocycles. The van der Waals surface area contributed by atoms with Crippen LogP contribution >= 0.6 is 0 Å². The Labute approximate surface area is 71.3 Å². The van der Waals surface area contributed by atoms with Crippen LogP contribution < -0.4 is 0 Å². The van der Waals surface area contributed by atoms with Gasteiger partial charge in [0.15, 0.2) is 0 Å². The third-order valence-corrected chi connectivity index (χ3v) is 0.556. The third kappa shape index (κ3) is 11.5. The van der Waals surface area contributed by atoms with Crippen molar-refractivity contribution in [2.75, 3.05) is 0 Å². The van der Waals surface area contributed by atoms with Crippen molar-refractivity contribution in [3.05, 3.63) is 36.8 Å². The van der Waals surface area contributed by atoms with Crippen LogP contribution in [-0.2, 0) is 20.4 Å². The number of hydrogen-bond donors (Lipinski definition) is 0. The van der Waals surface area contributed by atoms with E-state index >= 15 is 0 Å². The first-order valence-corrected chi connectivity index (χ1v) is 2.82. The molecule has 0 atom stereocenters. The maximum absolute atomic E-state index is 2.00. The van der Waals surface area contributed by atoms with E-state index in [4.69, 9.17) is 0 Å². The summed E-state index contributed by atoms with van der Waals surface area (Å²) in [6.07, 6.45) is 2.00. The van der Waals surface area contributed by atoms with Gasteiger partial charge >= 0.3 is 0 Å². The zero-order valence-electron chi connectivity index (χ0n) is 5.84. The molecule has 1 heteroatoms. The van der Waals surface area contributed by atoms with Crippen molar-refractivity contribution in [3.8, 4) is 0 Å². The largest absolute Gasteiger partial charge is 0.335 e. The topological polar surface area (TPSA) is 0 Å². The van der Waals surface area contributed by atoms with Gasteiger partial charge in [-0.05, 0) is 0 Å². The van der Waals surface area contributed by atoms with E-state index in [1.165, 1.54) is 0 Å².